The molecule has 1 aliphatic rings. The maximum absolute atomic E-state index is 15.2. The van der Waals surface area contributed by atoms with Gasteiger partial charge < -0.3 is 15.6 Å². The lowest BCUT2D eigenvalue weighted by Crippen LogP contribution is -2.41. The minimum Gasteiger partial charge on any atom is -0.453 e. The Kier molecular flexibility index (Phi) is 5.40. The number of hydrogen-bond donors (Lipinski definition) is 3. The summed E-state index contributed by atoms with van der Waals surface area (Å²) in [5, 5.41) is 16.6. The first-order valence-electron chi connectivity index (χ1n) is 10.6. The molecule has 1 saturated carbocycles. The van der Waals surface area contributed by atoms with Crippen molar-refractivity contribution in [3.63, 3.8) is 0 Å². The summed E-state index contributed by atoms with van der Waals surface area (Å²) in [6, 6.07) is 10.4. The molecule has 35 heavy (non-hydrogen) atoms. The fraction of sp³-hybridized carbons (Fsp3) is 0.167. The highest BCUT2D eigenvalue weighted by atomic mass is 19.1. The monoisotopic (exact) mass is 479 g/mol. The third kappa shape index (κ3) is 3.85. The van der Waals surface area contributed by atoms with Crippen molar-refractivity contribution >= 4 is 34.2 Å². The number of carbonyl (C=O) groups excluding carboxylic acids is 2. The number of fused-ring (bicyclic) bond motifs is 1. The highest BCUT2D eigenvalue weighted by Crippen LogP contribution is 2.49. The van der Waals surface area contributed by atoms with Crippen LogP contribution in [-0.4, -0.2) is 32.1 Å². The van der Waals surface area contributed by atoms with Crippen LogP contribution in [0.2, 0.25) is 0 Å². The lowest BCUT2D eigenvalue weighted by atomic mass is 10.0. The Morgan fingerprint density at radius 3 is 2.43 bits per heavy atom. The summed E-state index contributed by atoms with van der Waals surface area (Å²) >= 11 is 0. The minimum atomic E-state index is -1.38. The van der Waals surface area contributed by atoms with Crippen molar-refractivity contribution in [2.75, 3.05) is 4.90 Å². The van der Waals surface area contributed by atoms with Gasteiger partial charge in [-0.25, -0.2) is 13.8 Å². The van der Waals surface area contributed by atoms with Crippen LogP contribution in [0.5, 0.6) is 11.5 Å². The van der Waals surface area contributed by atoms with Crippen LogP contribution in [-0.2, 0) is 16.2 Å². The molecule has 0 spiro atoms. The number of ether oxygens (including phenoxy) is 1. The van der Waals surface area contributed by atoms with Gasteiger partial charge in [0, 0.05) is 18.0 Å². The van der Waals surface area contributed by atoms with Gasteiger partial charge in [-0.1, -0.05) is 0 Å². The molecule has 5 rings (SSSR count). The van der Waals surface area contributed by atoms with Crippen molar-refractivity contribution in [3.8, 4) is 11.5 Å². The number of carbonyl (C=O) groups is 2. The molecule has 4 N–H and O–H groups in total. The highest BCUT2D eigenvalue weighted by molar-refractivity contribution is 6.16. The number of anilines is 2. The third-order valence-corrected chi connectivity index (χ3v) is 5.96. The largest absolute Gasteiger partial charge is 0.453 e. The first kappa shape index (κ1) is 22.4. The average molecular weight is 479 g/mol. The first-order valence-corrected chi connectivity index (χ1v) is 10.6. The molecule has 0 saturated heterocycles. The molecule has 0 atom stereocenters. The van der Waals surface area contributed by atoms with Gasteiger partial charge in [-0.15, -0.1) is 0 Å². The van der Waals surface area contributed by atoms with Gasteiger partial charge in [-0.05, 0) is 55.3 Å². The van der Waals surface area contributed by atoms with Crippen molar-refractivity contribution in [2.45, 2.75) is 19.4 Å². The van der Waals surface area contributed by atoms with Crippen LogP contribution in [0.4, 0.5) is 20.2 Å². The Hall–Kier alpha value is -4.38. The SMILES string of the molecule is NC(=O)C1(C(=O)N(c2ccc(F)cc2)c2ccc(Oc3ccnc4n[nH]c(CO)c34)c(F)c2)CC1. The summed E-state index contributed by atoms with van der Waals surface area (Å²) < 4.78 is 34.5. The maximum atomic E-state index is 15.2. The summed E-state index contributed by atoms with van der Waals surface area (Å²) in [6.45, 7) is -0.351. The van der Waals surface area contributed by atoms with E-state index in [0.29, 0.717) is 11.1 Å². The van der Waals surface area contributed by atoms with Crippen molar-refractivity contribution < 1.29 is 28.2 Å². The molecule has 2 heterocycles. The van der Waals surface area contributed by atoms with Crippen molar-refractivity contribution in [1.29, 1.82) is 0 Å². The second-order valence-electron chi connectivity index (χ2n) is 8.15. The summed E-state index contributed by atoms with van der Waals surface area (Å²) in [7, 11) is 0. The Morgan fingerprint density at radius 1 is 1.09 bits per heavy atom. The Balaban J connectivity index is 1.53. The van der Waals surface area contributed by atoms with Crippen molar-refractivity contribution in [2.24, 2.45) is 11.1 Å². The Labute approximate surface area is 197 Å². The molecule has 178 valence electrons. The number of rotatable bonds is 7. The molecule has 0 bridgehead atoms. The number of nitrogens with zero attached hydrogens (tertiary/aromatic N) is 3. The van der Waals surface area contributed by atoms with E-state index >= 15 is 4.39 Å². The number of primary amides is 1. The summed E-state index contributed by atoms with van der Waals surface area (Å²) in [6.07, 6.45) is 1.98. The standard InChI is InChI=1S/C24H19F2N5O4/c25-13-1-3-14(4-2-13)31(23(34)24(8-9-24)22(27)33)15-5-6-18(16(26)11-15)35-19-7-10-28-21-20(19)17(12-32)29-30-21/h1-7,10-11,32H,8-9,12H2,(H2,27,33)(H,28,29,30). The molecule has 4 aromatic rings. The molecule has 0 radical (unpaired) electrons. The molecular formula is C24H19F2N5O4. The van der Waals surface area contributed by atoms with Gasteiger partial charge >= 0.3 is 0 Å². The molecule has 2 aromatic heterocycles. The smallest absolute Gasteiger partial charge is 0.247 e. The van der Waals surface area contributed by atoms with E-state index in [4.69, 9.17) is 10.5 Å². The Bertz CT molecular complexity index is 1450. The Morgan fingerprint density at radius 2 is 1.80 bits per heavy atom. The zero-order chi connectivity index (χ0) is 24.7. The molecule has 0 unspecified atom stereocenters. The fourth-order valence-electron chi connectivity index (χ4n) is 3.89. The summed E-state index contributed by atoms with van der Waals surface area (Å²) in [5.74, 6) is -2.64. The first-order chi connectivity index (χ1) is 16.8. The van der Waals surface area contributed by atoms with Gasteiger partial charge in [-0.3, -0.25) is 19.6 Å². The van der Waals surface area contributed by atoms with E-state index in [2.05, 4.69) is 15.2 Å². The zero-order valence-corrected chi connectivity index (χ0v) is 18.2. The number of nitrogens with one attached hydrogen (secondary N) is 1. The number of benzene rings is 2. The summed E-state index contributed by atoms with van der Waals surface area (Å²) in [4.78, 5) is 30.6. The van der Waals surface area contributed by atoms with Crippen LogP contribution >= 0.6 is 0 Å². The van der Waals surface area contributed by atoms with E-state index in [0.717, 1.165) is 23.1 Å². The number of halogens is 2. The van der Waals surface area contributed by atoms with Crippen LogP contribution in [0.1, 0.15) is 18.5 Å². The lowest BCUT2D eigenvalue weighted by Gasteiger charge is -2.26. The number of pyridine rings is 1. The summed E-state index contributed by atoms with van der Waals surface area (Å²) in [5.41, 5.74) is 5.10. The molecular weight excluding hydrogens is 460 g/mol. The van der Waals surface area contributed by atoms with Gasteiger partial charge in [-0.2, -0.15) is 5.10 Å². The number of aliphatic hydroxyl groups excluding tert-OH is 1. The second-order valence-corrected chi connectivity index (χ2v) is 8.15. The molecule has 1 fully saturated rings. The molecule has 11 heteroatoms. The number of aliphatic hydroxyl groups is 1. The van der Waals surface area contributed by atoms with E-state index in [9.17, 15) is 19.1 Å². The number of H-pyrrole nitrogens is 1. The van der Waals surface area contributed by atoms with Crippen LogP contribution in [0.25, 0.3) is 11.0 Å². The van der Waals surface area contributed by atoms with Crippen LogP contribution < -0.4 is 15.4 Å². The molecule has 2 amide bonds. The molecule has 2 aromatic carbocycles. The van der Waals surface area contributed by atoms with Crippen LogP contribution in [0.3, 0.4) is 0 Å². The number of hydrogen-bond acceptors (Lipinski definition) is 6. The number of nitrogens with two attached hydrogens (primary N) is 1. The number of amides is 2. The fourth-order valence-corrected chi connectivity index (χ4v) is 3.89. The normalized spacial score (nSPS) is 14.0. The number of aromatic nitrogens is 3. The van der Waals surface area contributed by atoms with Crippen molar-refractivity contribution in [1.82, 2.24) is 15.2 Å². The van der Waals surface area contributed by atoms with E-state index in [1.807, 2.05) is 0 Å². The topological polar surface area (TPSA) is 134 Å². The van der Waals surface area contributed by atoms with Gasteiger partial charge in [0.2, 0.25) is 11.8 Å². The van der Waals surface area contributed by atoms with E-state index in [1.165, 1.54) is 36.5 Å². The van der Waals surface area contributed by atoms with Crippen LogP contribution in [0, 0.1) is 17.0 Å². The second kappa shape index (κ2) is 8.44. The highest BCUT2D eigenvalue weighted by Gasteiger charge is 2.57. The zero-order valence-electron chi connectivity index (χ0n) is 18.2. The van der Waals surface area contributed by atoms with Gasteiger partial charge in [0.25, 0.3) is 0 Å². The molecule has 1 aliphatic carbocycles. The van der Waals surface area contributed by atoms with Gasteiger partial charge in [0.15, 0.2) is 17.2 Å². The predicted octanol–water partition coefficient (Wildman–Crippen LogP) is 3.45. The van der Waals surface area contributed by atoms with E-state index in [-0.39, 0.29) is 48.0 Å². The average Bonchev–Trinajstić information content (AvgIpc) is 3.56. The lowest BCUT2D eigenvalue weighted by molar-refractivity contribution is -0.133. The van der Waals surface area contributed by atoms with E-state index < -0.39 is 28.9 Å². The third-order valence-electron chi connectivity index (χ3n) is 5.96. The van der Waals surface area contributed by atoms with Crippen LogP contribution in [0.15, 0.2) is 54.7 Å². The number of aromatic amines is 1. The molecule has 9 nitrogen and oxygen atoms in total. The molecule has 0 aliphatic heterocycles. The van der Waals surface area contributed by atoms with Crippen molar-refractivity contribution in [3.05, 3.63) is 72.1 Å². The predicted molar refractivity (Wildman–Crippen MR) is 121 cm³/mol. The maximum Gasteiger partial charge on any atom is 0.247 e. The minimum absolute atomic E-state index is 0.109. The van der Waals surface area contributed by atoms with Gasteiger partial charge in [0.05, 0.1) is 23.4 Å². The van der Waals surface area contributed by atoms with Gasteiger partial charge in [0.1, 0.15) is 17.0 Å². The quantitative estimate of drug-likeness (QED) is 0.348. The van der Waals surface area contributed by atoms with E-state index in [1.54, 1.807) is 0 Å².